The molecule has 0 unspecified atom stereocenters. The Morgan fingerprint density at radius 3 is 2.67 bits per heavy atom. The maximum Gasteiger partial charge on any atom is 0.279 e. The Hall–Kier alpha value is -2.18. The highest BCUT2D eigenvalue weighted by Crippen LogP contribution is 2.44. The van der Waals surface area contributed by atoms with Gasteiger partial charge < -0.3 is 14.8 Å². The molecule has 162 valence electrons. The van der Waals surface area contributed by atoms with Gasteiger partial charge in [-0.2, -0.15) is 0 Å². The molecule has 1 N–H and O–H groups in total. The smallest absolute Gasteiger partial charge is 0.279 e. The minimum Gasteiger partial charge on any atom is -0.336 e. The predicted octanol–water partition coefficient (Wildman–Crippen LogP) is 2.58. The summed E-state index contributed by atoms with van der Waals surface area (Å²) in [6.07, 6.45) is 14.2. The predicted molar refractivity (Wildman–Crippen MR) is 112 cm³/mol. The van der Waals surface area contributed by atoms with E-state index in [9.17, 15) is 14.4 Å². The minimum atomic E-state index is -0.425. The van der Waals surface area contributed by atoms with E-state index in [0.29, 0.717) is 43.2 Å². The fraction of sp³-hybridized carbons (Fsp3) is 0.739. The molecule has 1 aromatic heterocycles. The van der Waals surface area contributed by atoms with Crippen LogP contribution in [-0.2, 0) is 4.79 Å². The van der Waals surface area contributed by atoms with Crippen molar-refractivity contribution in [3.8, 4) is 0 Å². The fourth-order valence-corrected chi connectivity index (χ4v) is 6.66. The first-order chi connectivity index (χ1) is 14.6. The van der Waals surface area contributed by atoms with Crippen molar-refractivity contribution < 1.29 is 9.59 Å². The molecule has 4 aliphatic rings. The molecule has 0 radical (unpaired) electrons. The van der Waals surface area contributed by atoms with Crippen LogP contribution >= 0.6 is 0 Å². The average Bonchev–Trinajstić information content (AvgIpc) is 2.77. The summed E-state index contributed by atoms with van der Waals surface area (Å²) >= 11 is 0. The second kappa shape index (κ2) is 8.16. The third-order valence-electron chi connectivity index (χ3n) is 7.99. The van der Waals surface area contributed by atoms with Crippen LogP contribution in [0.4, 0.5) is 0 Å². The zero-order valence-corrected chi connectivity index (χ0v) is 17.6. The van der Waals surface area contributed by atoms with Gasteiger partial charge in [-0.3, -0.25) is 14.4 Å². The molecule has 5 rings (SSSR count). The van der Waals surface area contributed by atoms with E-state index < -0.39 is 5.56 Å². The molecule has 1 aliphatic carbocycles. The first kappa shape index (κ1) is 19.8. The fourth-order valence-electron chi connectivity index (χ4n) is 6.66. The quantitative estimate of drug-likeness (QED) is 0.827. The van der Waals surface area contributed by atoms with Crippen molar-refractivity contribution in [1.82, 2.24) is 19.8 Å². The number of rotatable bonds is 3. The van der Waals surface area contributed by atoms with E-state index in [-0.39, 0.29) is 23.7 Å². The highest BCUT2D eigenvalue weighted by Gasteiger charge is 2.50. The van der Waals surface area contributed by atoms with Crippen LogP contribution in [0.3, 0.4) is 0 Å². The summed E-state index contributed by atoms with van der Waals surface area (Å²) in [5, 5.41) is 0. The van der Waals surface area contributed by atoms with Gasteiger partial charge in [-0.1, -0.05) is 32.1 Å². The lowest BCUT2D eigenvalue weighted by atomic mass is 9.69. The number of aromatic nitrogens is 2. The van der Waals surface area contributed by atoms with Crippen molar-refractivity contribution in [2.45, 2.75) is 76.3 Å². The molecule has 0 spiro atoms. The Labute approximate surface area is 177 Å². The van der Waals surface area contributed by atoms with E-state index >= 15 is 0 Å². The number of carbonyl (C=O) groups excluding carboxylic acids is 2. The second-order valence-electron chi connectivity index (χ2n) is 9.80. The van der Waals surface area contributed by atoms with Crippen LogP contribution in [0.15, 0.2) is 17.2 Å². The van der Waals surface area contributed by atoms with Gasteiger partial charge in [-0.25, -0.2) is 4.98 Å². The van der Waals surface area contributed by atoms with Gasteiger partial charge in [-0.15, -0.1) is 0 Å². The third kappa shape index (κ3) is 3.56. The van der Waals surface area contributed by atoms with E-state index in [4.69, 9.17) is 0 Å². The van der Waals surface area contributed by atoms with Crippen molar-refractivity contribution in [3.05, 3.63) is 28.4 Å². The third-order valence-corrected chi connectivity index (χ3v) is 7.99. The SMILES string of the molecule is O=C(c1ncc[nH]c1=O)N1C[C@H]2C[C@@H](C1)[C@H](CC1CCCCC1)N1C(=O)CCC[C@@H]21. The Morgan fingerprint density at radius 2 is 1.87 bits per heavy atom. The molecule has 4 heterocycles. The molecule has 3 saturated heterocycles. The van der Waals surface area contributed by atoms with Crippen LogP contribution < -0.4 is 5.56 Å². The summed E-state index contributed by atoms with van der Waals surface area (Å²) in [4.78, 5) is 49.0. The molecule has 0 aromatic carbocycles. The van der Waals surface area contributed by atoms with Gasteiger partial charge in [-0.05, 0) is 43.4 Å². The molecule has 3 aliphatic heterocycles. The summed E-state index contributed by atoms with van der Waals surface area (Å²) < 4.78 is 0. The van der Waals surface area contributed by atoms with Crippen LogP contribution in [0, 0.1) is 17.8 Å². The van der Waals surface area contributed by atoms with E-state index in [1.54, 1.807) is 0 Å². The van der Waals surface area contributed by atoms with Gasteiger partial charge in [0.15, 0.2) is 5.69 Å². The highest BCUT2D eigenvalue weighted by atomic mass is 16.2. The van der Waals surface area contributed by atoms with Crippen LogP contribution in [0.25, 0.3) is 0 Å². The van der Waals surface area contributed by atoms with Gasteiger partial charge in [0.05, 0.1) is 0 Å². The summed E-state index contributed by atoms with van der Waals surface area (Å²) in [5.74, 6) is 1.36. The molecule has 1 saturated carbocycles. The molecule has 7 heteroatoms. The number of likely N-dealkylation sites (tertiary alicyclic amines) is 1. The first-order valence-electron chi connectivity index (χ1n) is 11.8. The Bertz CT molecular complexity index is 862. The Balaban J connectivity index is 1.41. The molecule has 7 nitrogen and oxygen atoms in total. The second-order valence-corrected chi connectivity index (χ2v) is 9.80. The number of piperidine rings is 3. The lowest BCUT2D eigenvalue weighted by molar-refractivity contribution is -0.153. The van der Waals surface area contributed by atoms with Crippen LogP contribution in [-0.4, -0.2) is 56.8 Å². The number of carbonyl (C=O) groups is 2. The maximum atomic E-state index is 13.1. The van der Waals surface area contributed by atoms with Crippen molar-refractivity contribution in [2.75, 3.05) is 13.1 Å². The standard InChI is InChI=1S/C23H32N4O3/c28-20-8-4-7-18-16-12-17(19(27(18)20)11-15-5-2-1-3-6-15)14-26(13-16)23(30)21-22(29)25-10-9-24-21/h9-10,15-19H,1-8,11-14H2,(H,25,29)/t16-,17+,18+,19+/m1/s1. The number of aromatic amines is 1. The number of fused-ring (bicyclic) bond motifs is 4. The lowest BCUT2D eigenvalue weighted by Gasteiger charge is -2.57. The van der Waals surface area contributed by atoms with Gasteiger partial charge in [0.2, 0.25) is 5.91 Å². The number of nitrogens with one attached hydrogen (secondary N) is 1. The van der Waals surface area contributed by atoms with E-state index in [2.05, 4.69) is 14.9 Å². The number of hydrogen-bond donors (Lipinski definition) is 1. The number of hydrogen-bond acceptors (Lipinski definition) is 4. The minimum absolute atomic E-state index is 0.0159. The molecule has 2 bridgehead atoms. The van der Waals surface area contributed by atoms with E-state index in [1.807, 2.05) is 4.90 Å². The van der Waals surface area contributed by atoms with Crippen molar-refractivity contribution in [2.24, 2.45) is 17.8 Å². The van der Waals surface area contributed by atoms with Crippen molar-refractivity contribution >= 4 is 11.8 Å². The summed E-state index contributed by atoms with van der Waals surface area (Å²) in [6.45, 7) is 1.25. The molecular weight excluding hydrogens is 380 g/mol. The maximum absolute atomic E-state index is 13.1. The summed E-state index contributed by atoms with van der Waals surface area (Å²) in [5.41, 5.74) is -0.440. The number of nitrogens with zero attached hydrogens (tertiary/aromatic N) is 3. The topological polar surface area (TPSA) is 86.4 Å². The van der Waals surface area contributed by atoms with E-state index in [0.717, 1.165) is 25.7 Å². The number of amides is 2. The normalized spacial score (nSPS) is 32.1. The largest absolute Gasteiger partial charge is 0.336 e. The van der Waals surface area contributed by atoms with Crippen molar-refractivity contribution in [1.29, 1.82) is 0 Å². The van der Waals surface area contributed by atoms with Gasteiger partial charge in [0, 0.05) is 44.0 Å². The van der Waals surface area contributed by atoms with Gasteiger partial charge in [0.1, 0.15) is 0 Å². The highest BCUT2D eigenvalue weighted by molar-refractivity contribution is 5.92. The van der Waals surface area contributed by atoms with Crippen LogP contribution in [0.5, 0.6) is 0 Å². The summed E-state index contributed by atoms with van der Waals surface area (Å²) in [6, 6.07) is 0.480. The van der Waals surface area contributed by atoms with Crippen molar-refractivity contribution in [3.63, 3.8) is 0 Å². The molecule has 2 amide bonds. The Kier molecular flexibility index (Phi) is 5.37. The van der Waals surface area contributed by atoms with Gasteiger partial charge in [0.25, 0.3) is 11.5 Å². The van der Waals surface area contributed by atoms with E-state index in [1.165, 1.54) is 44.5 Å². The average molecular weight is 413 g/mol. The zero-order chi connectivity index (χ0) is 20.7. The molecular formula is C23H32N4O3. The Morgan fingerprint density at radius 1 is 1.07 bits per heavy atom. The zero-order valence-electron chi connectivity index (χ0n) is 17.6. The van der Waals surface area contributed by atoms with Crippen LogP contribution in [0.1, 0.15) is 74.7 Å². The number of H-pyrrole nitrogens is 1. The van der Waals surface area contributed by atoms with Gasteiger partial charge >= 0.3 is 0 Å². The lowest BCUT2D eigenvalue weighted by Crippen LogP contribution is -2.66. The molecule has 4 fully saturated rings. The molecule has 1 aromatic rings. The first-order valence-corrected chi connectivity index (χ1v) is 11.8. The van der Waals surface area contributed by atoms with Crippen LogP contribution in [0.2, 0.25) is 0 Å². The summed E-state index contributed by atoms with van der Waals surface area (Å²) in [7, 11) is 0. The molecule has 30 heavy (non-hydrogen) atoms. The molecule has 4 atom stereocenters. The monoisotopic (exact) mass is 412 g/mol.